The Morgan fingerprint density at radius 1 is 1.00 bits per heavy atom. The fraction of sp³-hybridized carbons (Fsp3) is 0.591. The zero-order valence-electron chi connectivity index (χ0n) is 18.8. The molecule has 0 spiro atoms. The molecule has 2 fully saturated rings. The minimum atomic E-state index is -2.56. The van der Waals surface area contributed by atoms with Crippen molar-refractivity contribution in [2.45, 2.75) is 51.4 Å². The van der Waals surface area contributed by atoms with E-state index >= 15 is 0 Å². The smallest absolute Gasteiger partial charge is 0.248 e. The van der Waals surface area contributed by atoms with Gasteiger partial charge in [0.15, 0.2) is 5.65 Å². The van der Waals surface area contributed by atoms with E-state index in [0.29, 0.717) is 56.3 Å². The standard InChI is InChI=1S/C18H23F2N5O.C4H6N2/c1-11-12(2)22-16-15(21-11)14(13-3-5-18(19,20)6-4-13)23-17(24-16)25-7-9-26-10-8-25;1-6-4-2-3-5-6/h13H,3-10H2,1-2H3;2-4H,1H3. The Hall–Kier alpha value is -2.75. The Morgan fingerprint density at radius 2 is 1.69 bits per heavy atom. The quantitative estimate of drug-likeness (QED) is 0.596. The molecular formula is C22H29F2N7O. The normalized spacial score (nSPS) is 19.0. The Morgan fingerprint density at radius 3 is 2.28 bits per heavy atom. The Labute approximate surface area is 186 Å². The molecule has 1 saturated heterocycles. The van der Waals surface area contributed by atoms with Crippen LogP contribution in [0.25, 0.3) is 11.2 Å². The number of aryl methyl sites for hydroxylation is 3. The van der Waals surface area contributed by atoms with E-state index < -0.39 is 5.92 Å². The predicted octanol–water partition coefficient (Wildman–Crippen LogP) is 3.59. The second-order valence-electron chi connectivity index (χ2n) is 8.38. The average molecular weight is 446 g/mol. The van der Waals surface area contributed by atoms with Gasteiger partial charge in [0.2, 0.25) is 11.9 Å². The zero-order valence-corrected chi connectivity index (χ0v) is 18.8. The number of halogens is 2. The second kappa shape index (κ2) is 9.40. The molecule has 3 aromatic heterocycles. The number of alkyl halides is 2. The molecule has 0 aromatic carbocycles. The summed E-state index contributed by atoms with van der Waals surface area (Å²) in [6.07, 6.45) is 4.26. The highest BCUT2D eigenvalue weighted by Gasteiger charge is 2.37. The summed E-state index contributed by atoms with van der Waals surface area (Å²) in [6, 6.07) is 1.89. The highest BCUT2D eigenvalue weighted by Crippen LogP contribution is 2.42. The lowest BCUT2D eigenvalue weighted by molar-refractivity contribution is -0.0384. The summed E-state index contributed by atoms with van der Waals surface area (Å²) in [6.45, 7) is 6.49. The highest BCUT2D eigenvalue weighted by atomic mass is 19.3. The highest BCUT2D eigenvalue weighted by molar-refractivity contribution is 5.75. The van der Waals surface area contributed by atoms with Gasteiger partial charge in [0.1, 0.15) is 5.52 Å². The number of nitrogens with zero attached hydrogens (tertiary/aromatic N) is 7. The van der Waals surface area contributed by atoms with Gasteiger partial charge in [-0.25, -0.2) is 23.7 Å². The van der Waals surface area contributed by atoms with Crippen molar-refractivity contribution in [3.8, 4) is 0 Å². The van der Waals surface area contributed by atoms with Gasteiger partial charge in [-0.2, -0.15) is 10.1 Å². The van der Waals surface area contributed by atoms with Crippen LogP contribution in [0, 0.1) is 13.8 Å². The van der Waals surface area contributed by atoms with Crippen molar-refractivity contribution < 1.29 is 13.5 Å². The third-order valence-electron chi connectivity index (χ3n) is 5.99. The van der Waals surface area contributed by atoms with Gasteiger partial charge in [-0.05, 0) is 32.8 Å². The molecule has 10 heteroatoms. The molecule has 1 aliphatic heterocycles. The SMILES string of the molecule is Cc1nc2nc(N3CCOCC3)nc(C3CCC(F)(F)CC3)c2nc1C.Cn1cccn1. The second-order valence-corrected chi connectivity index (χ2v) is 8.38. The van der Waals surface area contributed by atoms with Gasteiger partial charge < -0.3 is 9.64 Å². The van der Waals surface area contributed by atoms with Crippen LogP contribution in [0.2, 0.25) is 0 Å². The summed E-state index contributed by atoms with van der Waals surface area (Å²) in [5, 5.41) is 3.83. The van der Waals surface area contributed by atoms with Crippen LogP contribution in [0.1, 0.15) is 48.7 Å². The van der Waals surface area contributed by atoms with Crippen molar-refractivity contribution in [3.05, 3.63) is 35.5 Å². The van der Waals surface area contributed by atoms with Crippen molar-refractivity contribution in [2.75, 3.05) is 31.2 Å². The molecule has 4 heterocycles. The monoisotopic (exact) mass is 445 g/mol. The Bertz CT molecular complexity index is 1040. The van der Waals surface area contributed by atoms with Crippen LogP contribution in [0.3, 0.4) is 0 Å². The number of fused-ring (bicyclic) bond motifs is 1. The van der Waals surface area contributed by atoms with Gasteiger partial charge in [-0.15, -0.1) is 0 Å². The third-order valence-corrected chi connectivity index (χ3v) is 5.99. The topological polar surface area (TPSA) is 81.9 Å². The molecule has 1 saturated carbocycles. The third kappa shape index (κ3) is 5.17. The number of aromatic nitrogens is 6. The maximum atomic E-state index is 13.6. The molecule has 3 aromatic rings. The Balaban J connectivity index is 0.000000354. The molecule has 32 heavy (non-hydrogen) atoms. The predicted molar refractivity (Wildman–Crippen MR) is 117 cm³/mol. The summed E-state index contributed by atoms with van der Waals surface area (Å²) < 4.78 is 34.4. The van der Waals surface area contributed by atoms with Crippen LogP contribution in [0.4, 0.5) is 14.7 Å². The fourth-order valence-electron chi connectivity index (χ4n) is 3.97. The van der Waals surface area contributed by atoms with Gasteiger partial charge in [0, 0.05) is 51.3 Å². The summed E-state index contributed by atoms with van der Waals surface area (Å²) in [7, 11) is 1.89. The lowest BCUT2D eigenvalue weighted by Gasteiger charge is -2.30. The van der Waals surface area contributed by atoms with E-state index in [4.69, 9.17) is 9.72 Å². The molecule has 8 nitrogen and oxygen atoms in total. The number of anilines is 1. The summed E-state index contributed by atoms with van der Waals surface area (Å²) >= 11 is 0. The number of hydrogen-bond donors (Lipinski definition) is 0. The van der Waals surface area contributed by atoms with Gasteiger partial charge in [0.05, 0.1) is 30.3 Å². The minimum Gasteiger partial charge on any atom is -0.378 e. The van der Waals surface area contributed by atoms with Crippen LogP contribution in [-0.4, -0.2) is 61.9 Å². The van der Waals surface area contributed by atoms with Gasteiger partial charge in [-0.1, -0.05) is 0 Å². The molecule has 0 amide bonds. The summed E-state index contributed by atoms with van der Waals surface area (Å²) in [4.78, 5) is 20.7. The van der Waals surface area contributed by atoms with E-state index in [1.165, 1.54) is 0 Å². The average Bonchev–Trinajstić information content (AvgIpc) is 3.26. The largest absolute Gasteiger partial charge is 0.378 e. The van der Waals surface area contributed by atoms with Gasteiger partial charge in [0.25, 0.3) is 0 Å². The first-order valence-corrected chi connectivity index (χ1v) is 11.0. The van der Waals surface area contributed by atoms with Crippen LogP contribution in [0.5, 0.6) is 0 Å². The molecule has 1 aliphatic carbocycles. The lowest BCUT2D eigenvalue weighted by atomic mass is 9.84. The maximum Gasteiger partial charge on any atom is 0.248 e. The zero-order chi connectivity index (χ0) is 22.7. The first-order chi connectivity index (χ1) is 15.3. The molecule has 0 N–H and O–H groups in total. The van der Waals surface area contributed by atoms with E-state index in [1.807, 2.05) is 33.2 Å². The number of morpholine rings is 1. The number of ether oxygens (including phenoxy) is 1. The molecular weight excluding hydrogens is 416 g/mol. The van der Waals surface area contributed by atoms with Crippen molar-refractivity contribution in [3.63, 3.8) is 0 Å². The molecule has 0 atom stereocenters. The molecule has 5 rings (SSSR count). The van der Waals surface area contributed by atoms with Crippen LogP contribution in [-0.2, 0) is 11.8 Å². The van der Waals surface area contributed by atoms with Gasteiger partial charge >= 0.3 is 0 Å². The minimum absolute atomic E-state index is 0.0312. The lowest BCUT2D eigenvalue weighted by Crippen LogP contribution is -2.37. The van der Waals surface area contributed by atoms with Crippen molar-refractivity contribution in [1.82, 2.24) is 29.7 Å². The summed E-state index contributed by atoms with van der Waals surface area (Å²) in [5.74, 6) is -1.99. The van der Waals surface area contributed by atoms with Crippen LogP contribution in [0.15, 0.2) is 18.5 Å². The first-order valence-electron chi connectivity index (χ1n) is 11.0. The van der Waals surface area contributed by atoms with Crippen molar-refractivity contribution in [2.24, 2.45) is 7.05 Å². The van der Waals surface area contributed by atoms with Crippen molar-refractivity contribution in [1.29, 1.82) is 0 Å². The van der Waals surface area contributed by atoms with Gasteiger partial charge in [-0.3, -0.25) is 4.68 Å². The Kier molecular flexibility index (Phi) is 6.59. The van der Waals surface area contributed by atoms with E-state index in [1.54, 1.807) is 10.9 Å². The molecule has 0 unspecified atom stereocenters. The molecule has 0 bridgehead atoms. The van der Waals surface area contributed by atoms with E-state index in [2.05, 4.69) is 25.0 Å². The van der Waals surface area contributed by atoms with E-state index in [9.17, 15) is 8.78 Å². The maximum absolute atomic E-state index is 13.6. The number of rotatable bonds is 2. The summed E-state index contributed by atoms with van der Waals surface area (Å²) in [5.41, 5.74) is 3.62. The van der Waals surface area contributed by atoms with E-state index in [0.717, 1.165) is 17.1 Å². The van der Waals surface area contributed by atoms with E-state index in [-0.39, 0.29) is 18.8 Å². The van der Waals surface area contributed by atoms with Crippen molar-refractivity contribution >= 4 is 17.1 Å². The van der Waals surface area contributed by atoms with Crippen LogP contribution >= 0.6 is 0 Å². The molecule has 0 radical (unpaired) electrons. The molecule has 2 aliphatic rings. The van der Waals surface area contributed by atoms with Crippen LogP contribution < -0.4 is 4.90 Å². The molecule has 172 valence electrons. The fourth-order valence-corrected chi connectivity index (χ4v) is 3.97. The first kappa shape index (κ1) is 22.4. The number of hydrogen-bond acceptors (Lipinski definition) is 7.